The SMILES string of the molecule is CCOCCC1(C#N)CCCCCCC1. The number of rotatable bonds is 4. The molecule has 0 bridgehead atoms. The van der Waals surface area contributed by atoms with Crippen molar-refractivity contribution in [3.63, 3.8) is 0 Å². The standard InChI is InChI=1S/C13H23NO/c1-2-15-11-10-13(12-14)8-6-4-3-5-7-9-13/h2-11H2,1H3. The lowest BCUT2D eigenvalue weighted by Gasteiger charge is -2.28. The summed E-state index contributed by atoms with van der Waals surface area (Å²) in [5.74, 6) is 0. The van der Waals surface area contributed by atoms with Gasteiger partial charge in [-0.25, -0.2) is 0 Å². The Bertz CT molecular complexity index is 199. The summed E-state index contributed by atoms with van der Waals surface area (Å²) in [6, 6.07) is 2.56. The van der Waals surface area contributed by atoms with E-state index < -0.39 is 0 Å². The first-order valence-corrected chi connectivity index (χ1v) is 6.32. The Morgan fingerprint density at radius 3 is 2.27 bits per heavy atom. The van der Waals surface area contributed by atoms with Gasteiger partial charge < -0.3 is 4.74 Å². The van der Waals surface area contributed by atoms with Crippen molar-refractivity contribution < 1.29 is 4.74 Å². The molecule has 15 heavy (non-hydrogen) atoms. The highest BCUT2D eigenvalue weighted by molar-refractivity contribution is 4.99. The Balaban J connectivity index is 2.44. The van der Waals surface area contributed by atoms with Crippen molar-refractivity contribution in [3.05, 3.63) is 0 Å². The van der Waals surface area contributed by atoms with Gasteiger partial charge in [-0.05, 0) is 26.2 Å². The molecule has 0 saturated heterocycles. The van der Waals surface area contributed by atoms with Gasteiger partial charge in [0, 0.05) is 13.2 Å². The molecule has 1 saturated carbocycles. The van der Waals surface area contributed by atoms with E-state index in [2.05, 4.69) is 6.07 Å². The van der Waals surface area contributed by atoms with E-state index in [1.54, 1.807) is 0 Å². The maximum absolute atomic E-state index is 9.35. The predicted molar refractivity (Wildman–Crippen MR) is 61.5 cm³/mol. The second kappa shape index (κ2) is 6.85. The summed E-state index contributed by atoms with van der Waals surface area (Å²) < 4.78 is 5.38. The molecule has 0 aromatic rings. The van der Waals surface area contributed by atoms with E-state index in [0.717, 1.165) is 32.5 Å². The molecular formula is C13H23NO. The van der Waals surface area contributed by atoms with Crippen LogP contribution in [0.3, 0.4) is 0 Å². The number of nitriles is 1. The van der Waals surface area contributed by atoms with Crippen LogP contribution in [-0.2, 0) is 4.74 Å². The van der Waals surface area contributed by atoms with Crippen LogP contribution in [0.4, 0.5) is 0 Å². The zero-order chi connectivity index (χ0) is 11.0. The number of hydrogen-bond acceptors (Lipinski definition) is 2. The third-order valence-electron chi connectivity index (χ3n) is 3.48. The minimum absolute atomic E-state index is 0.0738. The highest BCUT2D eigenvalue weighted by Crippen LogP contribution is 2.36. The number of nitrogens with zero attached hydrogens (tertiary/aromatic N) is 1. The van der Waals surface area contributed by atoms with Crippen LogP contribution >= 0.6 is 0 Å². The average molecular weight is 209 g/mol. The highest BCUT2D eigenvalue weighted by Gasteiger charge is 2.29. The van der Waals surface area contributed by atoms with Crippen LogP contribution in [0.1, 0.15) is 58.3 Å². The van der Waals surface area contributed by atoms with Gasteiger partial charge in [-0.15, -0.1) is 0 Å². The monoisotopic (exact) mass is 209 g/mol. The normalized spacial score (nSPS) is 21.3. The zero-order valence-electron chi connectivity index (χ0n) is 9.93. The van der Waals surface area contributed by atoms with Crippen LogP contribution < -0.4 is 0 Å². The summed E-state index contributed by atoms with van der Waals surface area (Å²) in [5.41, 5.74) is -0.0738. The molecule has 0 unspecified atom stereocenters. The van der Waals surface area contributed by atoms with E-state index in [1.165, 1.54) is 32.1 Å². The number of ether oxygens (including phenoxy) is 1. The van der Waals surface area contributed by atoms with E-state index in [9.17, 15) is 5.26 Å². The molecule has 1 aliphatic carbocycles. The van der Waals surface area contributed by atoms with Crippen LogP contribution in [-0.4, -0.2) is 13.2 Å². The molecule has 0 N–H and O–H groups in total. The van der Waals surface area contributed by atoms with Crippen molar-refractivity contribution in [2.45, 2.75) is 58.3 Å². The second-order valence-corrected chi connectivity index (χ2v) is 4.61. The molecular weight excluding hydrogens is 186 g/mol. The molecule has 0 spiro atoms. The van der Waals surface area contributed by atoms with E-state index in [1.807, 2.05) is 6.92 Å². The first-order valence-electron chi connectivity index (χ1n) is 6.32. The summed E-state index contributed by atoms with van der Waals surface area (Å²) in [7, 11) is 0. The van der Waals surface area contributed by atoms with Crippen molar-refractivity contribution in [1.29, 1.82) is 5.26 Å². The summed E-state index contributed by atoms with van der Waals surface area (Å²) in [6.07, 6.45) is 9.49. The van der Waals surface area contributed by atoms with Crippen LogP contribution in [0, 0.1) is 16.7 Å². The lowest BCUT2D eigenvalue weighted by atomic mass is 9.75. The van der Waals surface area contributed by atoms with E-state index in [4.69, 9.17) is 4.74 Å². The minimum atomic E-state index is -0.0738. The smallest absolute Gasteiger partial charge is 0.0690 e. The van der Waals surface area contributed by atoms with E-state index >= 15 is 0 Å². The van der Waals surface area contributed by atoms with E-state index in [0.29, 0.717) is 0 Å². The first-order chi connectivity index (χ1) is 7.33. The topological polar surface area (TPSA) is 33.0 Å². The molecule has 0 amide bonds. The lowest BCUT2D eigenvalue weighted by molar-refractivity contribution is 0.110. The summed E-state index contributed by atoms with van der Waals surface area (Å²) >= 11 is 0. The van der Waals surface area contributed by atoms with Crippen LogP contribution in [0.15, 0.2) is 0 Å². The average Bonchev–Trinajstić information content (AvgIpc) is 2.22. The van der Waals surface area contributed by atoms with Gasteiger partial charge in [-0.1, -0.05) is 32.1 Å². The van der Waals surface area contributed by atoms with Crippen molar-refractivity contribution in [3.8, 4) is 6.07 Å². The predicted octanol–water partition coefficient (Wildman–Crippen LogP) is 3.67. The van der Waals surface area contributed by atoms with Crippen LogP contribution in [0.2, 0.25) is 0 Å². The maximum atomic E-state index is 9.35. The summed E-state index contributed by atoms with van der Waals surface area (Å²) in [5, 5.41) is 9.35. The molecule has 0 radical (unpaired) electrons. The summed E-state index contributed by atoms with van der Waals surface area (Å²) in [6.45, 7) is 3.53. The fraction of sp³-hybridized carbons (Fsp3) is 0.923. The van der Waals surface area contributed by atoms with Gasteiger partial charge in [0.05, 0.1) is 11.5 Å². The molecule has 0 aromatic carbocycles. The van der Waals surface area contributed by atoms with E-state index in [-0.39, 0.29) is 5.41 Å². The van der Waals surface area contributed by atoms with Gasteiger partial charge in [-0.3, -0.25) is 0 Å². The summed E-state index contributed by atoms with van der Waals surface area (Å²) in [4.78, 5) is 0. The van der Waals surface area contributed by atoms with Crippen LogP contribution in [0.5, 0.6) is 0 Å². The van der Waals surface area contributed by atoms with Gasteiger partial charge in [0.25, 0.3) is 0 Å². The van der Waals surface area contributed by atoms with Gasteiger partial charge in [0.2, 0.25) is 0 Å². The molecule has 1 aliphatic rings. The van der Waals surface area contributed by atoms with Crippen molar-refractivity contribution >= 4 is 0 Å². The Morgan fingerprint density at radius 1 is 1.13 bits per heavy atom. The molecule has 0 aliphatic heterocycles. The van der Waals surface area contributed by atoms with Gasteiger partial charge in [0.15, 0.2) is 0 Å². The van der Waals surface area contributed by atoms with Crippen molar-refractivity contribution in [2.24, 2.45) is 5.41 Å². The Morgan fingerprint density at radius 2 is 1.73 bits per heavy atom. The molecule has 0 heterocycles. The van der Waals surface area contributed by atoms with Crippen molar-refractivity contribution in [2.75, 3.05) is 13.2 Å². The van der Waals surface area contributed by atoms with Crippen LogP contribution in [0.25, 0.3) is 0 Å². The highest BCUT2D eigenvalue weighted by atomic mass is 16.5. The maximum Gasteiger partial charge on any atom is 0.0690 e. The molecule has 0 aromatic heterocycles. The van der Waals surface area contributed by atoms with Gasteiger partial charge in [-0.2, -0.15) is 5.26 Å². The Labute approximate surface area is 93.6 Å². The Hall–Kier alpha value is -0.550. The zero-order valence-corrected chi connectivity index (χ0v) is 9.93. The molecule has 2 nitrogen and oxygen atoms in total. The Kier molecular flexibility index (Phi) is 5.71. The quantitative estimate of drug-likeness (QED) is 0.662. The second-order valence-electron chi connectivity index (χ2n) is 4.61. The van der Waals surface area contributed by atoms with Gasteiger partial charge in [0.1, 0.15) is 0 Å². The minimum Gasteiger partial charge on any atom is -0.382 e. The number of hydrogen-bond donors (Lipinski definition) is 0. The lowest BCUT2D eigenvalue weighted by Crippen LogP contribution is -2.22. The molecule has 2 heteroatoms. The first kappa shape index (κ1) is 12.5. The largest absolute Gasteiger partial charge is 0.382 e. The molecule has 86 valence electrons. The molecule has 1 rings (SSSR count). The van der Waals surface area contributed by atoms with Crippen molar-refractivity contribution in [1.82, 2.24) is 0 Å². The fourth-order valence-corrected chi connectivity index (χ4v) is 2.41. The van der Waals surface area contributed by atoms with Gasteiger partial charge >= 0.3 is 0 Å². The molecule has 1 fully saturated rings. The third-order valence-corrected chi connectivity index (χ3v) is 3.48. The molecule has 0 atom stereocenters. The third kappa shape index (κ3) is 4.22. The fourth-order valence-electron chi connectivity index (χ4n) is 2.41.